The van der Waals surface area contributed by atoms with E-state index in [0.717, 1.165) is 12.1 Å². The Kier molecular flexibility index (Phi) is 5.26. The Bertz CT molecular complexity index is 775. The first-order valence-corrected chi connectivity index (χ1v) is 8.06. The van der Waals surface area contributed by atoms with Crippen LogP contribution < -0.4 is 0 Å². The summed E-state index contributed by atoms with van der Waals surface area (Å²) >= 11 is 0. The van der Waals surface area contributed by atoms with E-state index in [1.54, 1.807) is 0 Å². The van der Waals surface area contributed by atoms with Crippen LogP contribution in [0.1, 0.15) is 24.3 Å². The Morgan fingerprint density at radius 1 is 1.38 bits per heavy atom. The number of halogens is 3. The molecule has 1 aromatic heterocycles. The second-order valence-corrected chi connectivity index (χ2v) is 6.04. The van der Waals surface area contributed by atoms with Gasteiger partial charge in [-0.3, -0.25) is 4.79 Å². The number of ether oxygens (including phenoxy) is 2. The third-order valence-electron chi connectivity index (χ3n) is 4.21. The minimum Gasteiger partial charge on any atom is -0.469 e. The summed E-state index contributed by atoms with van der Waals surface area (Å²) in [6.07, 6.45) is -3.02. The molecule has 0 unspecified atom stereocenters. The predicted molar refractivity (Wildman–Crippen MR) is 82.9 cm³/mol. The second kappa shape index (κ2) is 7.45. The van der Waals surface area contributed by atoms with Crippen LogP contribution in [0.5, 0.6) is 0 Å². The lowest BCUT2D eigenvalue weighted by molar-refractivity contribution is -0.145. The molecule has 2 atom stereocenters. The molecule has 1 aliphatic heterocycles. The maximum atomic E-state index is 12.8. The number of nitrogens with zero attached hydrogens (tertiary/aromatic N) is 2. The van der Waals surface area contributed by atoms with Crippen molar-refractivity contribution in [1.82, 2.24) is 10.1 Å². The van der Waals surface area contributed by atoms with E-state index in [9.17, 15) is 18.0 Å². The standard InChI is InChI=1S/C17H17F3N2O4/c1-24-16(23)11-8-13(25-9-11)5-6-14-21-15(22-26-14)10-3-2-4-12(7-10)17(18,19)20/h2-4,7,11,13H,5-6,8-9H2,1H3/t11-,13+/m0/s1. The summed E-state index contributed by atoms with van der Waals surface area (Å²) in [5.41, 5.74) is -0.535. The van der Waals surface area contributed by atoms with E-state index >= 15 is 0 Å². The number of hydrogen-bond acceptors (Lipinski definition) is 6. The molecule has 0 bridgehead atoms. The Labute approximate surface area is 147 Å². The van der Waals surface area contributed by atoms with Crippen LogP contribution in [0.3, 0.4) is 0 Å². The second-order valence-electron chi connectivity index (χ2n) is 6.04. The fourth-order valence-electron chi connectivity index (χ4n) is 2.83. The monoisotopic (exact) mass is 370 g/mol. The summed E-state index contributed by atoms with van der Waals surface area (Å²) in [4.78, 5) is 15.6. The first-order valence-electron chi connectivity index (χ1n) is 8.06. The third kappa shape index (κ3) is 4.21. The largest absolute Gasteiger partial charge is 0.469 e. The average molecular weight is 370 g/mol. The van der Waals surface area contributed by atoms with Gasteiger partial charge in [0.2, 0.25) is 11.7 Å². The number of aromatic nitrogens is 2. The van der Waals surface area contributed by atoms with E-state index in [2.05, 4.69) is 10.1 Å². The molecule has 0 radical (unpaired) electrons. The lowest BCUT2D eigenvalue weighted by atomic mass is 10.0. The Morgan fingerprint density at radius 3 is 2.92 bits per heavy atom. The molecular formula is C17H17F3N2O4. The fraction of sp³-hybridized carbons (Fsp3) is 0.471. The Balaban J connectivity index is 1.60. The summed E-state index contributed by atoms with van der Waals surface area (Å²) < 4.78 is 53.7. The van der Waals surface area contributed by atoms with Crippen molar-refractivity contribution < 1.29 is 32.0 Å². The van der Waals surface area contributed by atoms with Crippen molar-refractivity contribution in [3.05, 3.63) is 35.7 Å². The van der Waals surface area contributed by atoms with Gasteiger partial charge in [-0.05, 0) is 25.0 Å². The molecule has 2 heterocycles. The number of hydrogen-bond donors (Lipinski definition) is 0. The smallest absolute Gasteiger partial charge is 0.416 e. The fourth-order valence-corrected chi connectivity index (χ4v) is 2.83. The maximum Gasteiger partial charge on any atom is 0.416 e. The van der Waals surface area contributed by atoms with Crippen molar-refractivity contribution >= 4 is 5.97 Å². The summed E-state index contributed by atoms with van der Waals surface area (Å²) in [5, 5.41) is 3.74. The molecule has 9 heteroatoms. The SMILES string of the molecule is COC(=O)[C@@H]1CO[C@H](CCc2nc(-c3cccc(C(F)(F)F)c3)no2)C1. The first-order chi connectivity index (χ1) is 12.4. The highest BCUT2D eigenvalue weighted by Crippen LogP contribution is 2.31. The number of alkyl halides is 3. The lowest BCUT2D eigenvalue weighted by Gasteiger charge is -2.07. The third-order valence-corrected chi connectivity index (χ3v) is 4.21. The van der Waals surface area contributed by atoms with E-state index in [-0.39, 0.29) is 29.4 Å². The molecule has 1 aromatic carbocycles. The van der Waals surface area contributed by atoms with Gasteiger partial charge in [0.15, 0.2) is 0 Å². The van der Waals surface area contributed by atoms with Crippen LogP contribution in [-0.4, -0.2) is 35.9 Å². The van der Waals surface area contributed by atoms with Crippen molar-refractivity contribution in [2.24, 2.45) is 5.92 Å². The molecule has 0 aliphatic carbocycles. The normalized spacial score (nSPS) is 20.3. The molecule has 0 saturated carbocycles. The highest BCUT2D eigenvalue weighted by Gasteiger charge is 2.32. The van der Waals surface area contributed by atoms with E-state index < -0.39 is 11.7 Å². The van der Waals surface area contributed by atoms with Crippen LogP contribution in [0.2, 0.25) is 0 Å². The van der Waals surface area contributed by atoms with Crippen LogP contribution in [-0.2, 0) is 26.9 Å². The molecule has 1 aliphatic rings. The molecule has 0 N–H and O–H groups in total. The number of carbonyl (C=O) groups is 1. The Morgan fingerprint density at radius 2 is 2.19 bits per heavy atom. The number of esters is 1. The van der Waals surface area contributed by atoms with Crippen molar-refractivity contribution in [3.63, 3.8) is 0 Å². The molecule has 1 fully saturated rings. The van der Waals surface area contributed by atoms with E-state index in [1.807, 2.05) is 0 Å². The maximum absolute atomic E-state index is 12.8. The first kappa shape index (κ1) is 18.4. The molecule has 2 aromatic rings. The van der Waals surface area contributed by atoms with Gasteiger partial charge < -0.3 is 14.0 Å². The number of rotatable bonds is 5. The number of aryl methyl sites for hydroxylation is 1. The molecule has 26 heavy (non-hydrogen) atoms. The number of methoxy groups -OCH3 is 1. The van der Waals surface area contributed by atoms with E-state index in [4.69, 9.17) is 14.0 Å². The minimum absolute atomic E-state index is 0.103. The zero-order chi connectivity index (χ0) is 18.7. The molecular weight excluding hydrogens is 353 g/mol. The molecule has 3 rings (SSSR count). The Hall–Kier alpha value is -2.42. The highest BCUT2D eigenvalue weighted by atomic mass is 19.4. The van der Waals surface area contributed by atoms with Crippen LogP contribution >= 0.6 is 0 Å². The van der Waals surface area contributed by atoms with Gasteiger partial charge in [0.05, 0.1) is 31.3 Å². The predicted octanol–water partition coefficient (Wildman–Crippen LogP) is 3.27. The minimum atomic E-state index is -4.43. The van der Waals surface area contributed by atoms with Gasteiger partial charge in [-0.15, -0.1) is 0 Å². The van der Waals surface area contributed by atoms with E-state index in [0.29, 0.717) is 31.8 Å². The van der Waals surface area contributed by atoms with E-state index in [1.165, 1.54) is 19.2 Å². The van der Waals surface area contributed by atoms with Gasteiger partial charge in [0.1, 0.15) is 0 Å². The number of benzene rings is 1. The van der Waals surface area contributed by atoms with Crippen LogP contribution in [0.25, 0.3) is 11.4 Å². The quantitative estimate of drug-likeness (QED) is 0.752. The number of carbonyl (C=O) groups excluding carboxylic acids is 1. The highest BCUT2D eigenvalue weighted by molar-refractivity contribution is 5.72. The van der Waals surface area contributed by atoms with Gasteiger partial charge in [-0.25, -0.2) is 0 Å². The molecule has 1 saturated heterocycles. The van der Waals surface area contributed by atoms with Crippen LogP contribution in [0.4, 0.5) is 13.2 Å². The van der Waals surface area contributed by atoms with Gasteiger partial charge in [0, 0.05) is 12.0 Å². The van der Waals surface area contributed by atoms with Crippen molar-refractivity contribution in [3.8, 4) is 11.4 Å². The van der Waals surface area contributed by atoms with Gasteiger partial charge in [-0.1, -0.05) is 17.3 Å². The molecule has 0 amide bonds. The molecule has 6 nitrogen and oxygen atoms in total. The zero-order valence-corrected chi connectivity index (χ0v) is 14.0. The lowest BCUT2D eigenvalue weighted by Crippen LogP contribution is -2.16. The van der Waals surface area contributed by atoms with Gasteiger partial charge in [0.25, 0.3) is 0 Å². The van der Waals surface area contributed by atoms with Gasteiger partial charge >= 0.3 is 12.1 Å². The van der Waals surface area contributed by atoms with Crippen LogP contribution in [0.15, 0.2) is 28.8 Å². The van der Waals surface area contributed by atoms with Crippen molar-refractivity contribution in [2.45, 2.75) is 31.5 Å². The summed E-state index contributed by atoms with van der Waals surface area (Å²) in [6, 6.07) is 4.76. The van der Waals surface area contributed by atoms with Gasteiger partial charge in [-0.2, -0.15) is 18.2 Å². The van der Waals surface area contributed by atoms with Crippen LogP contribution in [0, 0.1) is 5.92 Å². The molecule has 140 valence electrons. The molecule has 0 spiro atoms. The summed E-state index contributed by atoms with van der Waals surface area (Å²) in [5.74, 6) is -0.154. The van der Waals surface area contributed by atoms with Crippen molar-refractivity contribution in [1.29, 1.82) is 0 Å². The summed E-state index contributed by atoms with van der Waals surface area (Å²) in [6.45, 7) is 0.316. The van der Waals surface area contributed by atoms with Crippen molar-refractivity contribution in [2.75, 3.05) is 13.7 Å². The zero-order valence-electron chi connectivity index (χ0n) is 14.0. The topological polar surface area (TPSA) is 74.5 Å². The average Bonchev–Trinajstić information content (AvgIpc) is 3.28. The summed E-state index contributed by atoms with van der Waals surface area (Å²) in [7, 11) is 1.34.